The van der Waals surface area contributed by atoms with Gasteiger partial charge in [0.1, 0.15) is 10.1 Å². The van der Waals surface area contributed by atoms with E-state index in [1.807, 2.05) is 42.5 Å². The van der Waals surface area contributed by atoms with Crippen LogP contribution in [0.1, 0.15) is 11.1 Å². The Kier molecular flexibility index (Phi) is 6.03. The predicted octanol–water partition coefficient (Wildman–Crippen LogP) is 4.11. The molecular formula is C20H19NO4S2. The molecule has 0 radical (unpaired) electrons. The van der Waals surface area contributed by atoms with Crippen LogP contribution in [0.25, 0.3) is 6.08 Å². The van der Waals surface area contributed by atoms with Crippen LogP contribution < -0.4 is 14.2 Å². The van der Waals surface area contributed by atoms with E-state index < -0.39 is 0 Å². The van der Waals surface area contributed by atoms with Gasteiger partial charge in [0.05, 0.1) is 32.8 Å². The van der Waals surface area contributed by atoms with E-state index >= 15 is 0 Å². The smallest absolute Gasteiger partial charge is 0.266 e. The van der Waals surface area contributed by atoms with E-state index in [4.69, 9.17) is 26.4 Å². The molecule has 0 bridgehead atoms. The molecule has 1 aliphatic heterocycles. The lowest BCUT2D eigenvalue weighted by Gasteiger charge is -2.14. The standard InChI is InChI=1S/C20H19NO4S2/c1-23-15-9-7-13(8-10-15)12-21-19(22)17(27-20(21)26)11-14-5-4-6-16(24-2)18(14)25-3/h4-11H,12H2,1-3H3. The minimum Gasteiger partial charge on any atom is -0.497 e. The van der Waals surface area contributed by atoms with Gasteiger partial charge in [-0.2, -0.15) is 0 Å². The Labute approximate surface area is 167 Å². The van der Waals surface area contributed by atoms with Crippen molar-refractivity contribution in [3.8, 4) is 17.2 Å². The minimum atomic E-state index is -0.120. The second-order valence-electron chi connectivity index (χ2n) is 5.70. The summed E-state index contributed by atoms with van der Waals surface area (Å²) in [6, 6.07) is 13.1. The van der Waals surface area contributed by atoms with Crippen molar-refractivity contribution in [1.82, 2.24) is 4.90 Å². The van der Waals surface area contributed by atoms with E-state index in [1.165, 1.54) is 11.8 Å². The zero-order chi connectivity index (χ0) is 19.4. The monoisotopic (exact) mass is 401 g/mol. The summed E-state index contributed by atoms with van der Waals surface area (Å²) in [6.45, 7) is 0.418. The molecule has 1 saturated heterocycles. The summed E-state index contributed by atoms with van der Waals surface area (Å²) < 4.78 is 16.4. The van der Waals surface area contributed by atoms with Crippen LogP contribution in [0.3, 0.4) is 0 Å². The fourth-order valence-electron chi connectivity index (χ4n) is 2.72. The highest BCUT2D eigenvalue weighted by Gasteiger charge is 2.32. The maximum Gasteiger partial charge on any atom is 0.266 e. The number of carbonyl (C=O) groups is 1. The zero-order valence-corrected chi connectivity index (χ0v) is 16.9. The lowest BCUT2D eigenvalue weighted by atomic mass is 10.1. The van der Waals surface area contributed by atoms with Crippen LogP contribution in [0.2, 0.25) is 0 Å². The molecule has 7 heteroatoms. The number of ether oxygens (including phenoxy) is 3. The summed E-state index contributed by atoms with van der Waals surface area (Å²) >= 11 is 6.70. The molecule has 1 heterocycles. The van der Waals surface area contributed by atoms with Gasteiger partial charge in [-0.25, -0.2) is 0 Å². The summed E-state index contributed by atoms with van der Waals surface area (Å²) in [5.74, 6) is 1.85. The third kappa shape index (κ3) is 4.09. The molecule has 1 fully saturated rings. The number of amides is 1. The molecule has 0 aromatic heterocycles. The van der Waals surface area contributed by atoms with Gasteiger partial charge in [-0.05, 0) is 29.8 Å². The second kappa shape index (κ2) is 8.45. The van der Waals surface area contributed by atoms with E-state index in [0.29, 0.717) is 27.3 Å². The van der Waals surface area contributed by atoms with Crippen molar-refractivity contribution in [1.29, 1.82) is 0 Å². The molecule has 0 atom stereocenters. The van der Waals surface area contributed by atoms with E-state index in [-0.39, 0.29) is 5.91 Å². The molecule has 1 amide bonds. The third-order valence-electron chi connectivity index (χ3n) is 4.09. The van der Waals surface area contributed by atoms with Gasteiger partial charge in [-0.3, -0.25) is 9.69 Å². The fourth-order valence-corrected chi connectivity index (χ4v) is 3.96. The van der Waals surface area contributed by atoms with E-state index in [9.17, 15) is 4.79 Å². The molecule has 2 aromatic rings. The summed E-state index contributed by atoms with van der Waals surface area (Å²) in [5, 5.41) is 0. The SMILES string of the molecule is COc1ccc(CN2C(=O)C(=Cc3cccc(OC)c3OC)SC2=S)cc1. The molecule has 1 aliphatic rings. The number of rotatable bonds is 6. The van der Waals surface area contributed by atoms with Gasteiger partial charge < -0.3 is 14.2 Å². The Morgan fingerprint density at radius 2 is 1.78 bits per heavy atom. The van der Waals surface area contributed by atoms with Crippen LogP contribution in [-0.2, 0) is 11.3 Å². The van der Waals surface area contributed by atoms with Gasteiger partial charge >= 0.3 is 0 Å². The lowest BCUT2D eigenvalue weighted by molar-refractivity contribution is -0.122. The molecule has 0 aliphatic carbocycles. The van der Waals surface area contributed by atoms with Crippen LogP contribution >= 0.6 is 24.0 Å². The zero-order valence-electron chi connectivity index (χ0n) is 15.2. The van der Waals surface area contributed by atoms with Crippen molar-refractivity contribution in [3.63, 3.8) is 0 Å². The number of thioether (sulfide) groups is 1. The normalized spacial score (nSPS) is 15.4. The highest BCUT2D eigenvalue weighted by Crippen LogP contribution is 2.37. The average Bonchev–Trinajstić information content (AvgIpc) is 2.95. The predicted molar refractivity (Wildman–Crippen MR) is 111 cm³/mol. The maximum atomic E-state index is 12.9. The Balaban J connectivity index is 1.84. The topological polar surface area (TPSA) is 48.0 Å². The minimum absolute atomic E-state index is 0.120. The number of carbonyl (C=O) groups excluding carboxylic acids is 1. The molecule has 3 rings (SSSR count). The number of nitrogens with zero attached hydrogens (tertiary/aromatic N) is 1. The fraction of sp³-hybridized carbons (Fsp3) is 0.200. The summed E-state index contributed by atoms with van der Waals surface area (Å²) in [4.78, 5) is 15.0. The van der Waals surface area contributed by atoms with Gasteiger partial charge in [0.15, 0.2) is 11.5 Å². The van der Waals surface area contributed by atoms with Crippen molar-refractivity contribution in [2.45, 2.75) is 6.54 Å². The third-order valence-corrected chi connectivity index (χ3v) is 5.47. The van der Waals surface area contributed by atoms with E-state index in [2.05, 4.69) is 0 Å². The highest BCUT2D eigenvalue weighted by atomic mass is 32.2. The van der Waals surface area contributed by atoms with Crippen molar-refractivity contribution < 1.29 is 19.0 Å². The first-order valence-corrected chi connectivity index (χ1v) is 9.39. The molecule has 0 saturated carbocycles. The molecule has 0 N–H and O–H groups in total. The Morgan fingerprint density at radius 1 is 1.04 bits per heavy atom. The first kappa shape index (κ1) is 19.3. The maximum absolute atomic E-state index is 12.9. The molecule has 27 heavy (non-hydrogen) atoms. The average molecular weight is 402 g/mol. The number of hydrogen-bond acceptors (Lipinski definition) is 6. The number of hydrogen-bond donors (Lipinski definition) is 0. The largest absolute Gasteiger partial charge is 0.497 e. The van der Waals surface area contributed by atoms with E-state index in [0.717, 1.165) is 16.9 Å². The van der Waals surface area contributed by atoms with Crippen molar-refractivity contribution in [2.24, 2.45) is 0 Å². The van der Waals surface area contributed by atoms with Crippen molar-refractivity contribution in [3.05, 3.63) is 58.5 Å². The highest BCUT2D eigenvalue weighted by molar-refractivity contribution is 8.26. The molecule has 0 unspecified atom stereocenters. The lowest BCUT2D eigenvalue weighted by Crippen LogP contribution is -2.27. The molecule has 140 valence electrons. The van der Waals surface area contributed by atoms with Gasteiger partial charge in [-0.1, -0.05) is 48.2 Å². The van der Waals surface area contributed by atoms with Gasteiger partial charge in [0, 0.05) is 5.56 Å². The van der Waals surface area contributed by atoms with Gasteiger partial charge in [0.25, 0.3) is 5.91 Å². The van der Waals surface area contributed by atoms with Crippen LogP contribution in [0.15, 0.2) is 47.4 Å². The molecule has 0 spiro atoms. The van der Waals surface area contributed by atoms with Crippen LogP contribution in [0.5, 0.6) is 17.2 Å². The number of methoxy groups -OCH3 is 3. The van der Waals surface area contributed by atoms with Crippen LogP contribution in [0.4, 0.5) is 0 Å². The van der Waals surface area contributed by atoms with Crippen molar-refractivity contribution >= 4 is 40.3 Å². The first-order chi connectivity index (χ1) is 13.1. The first-order valence-electron chi connectivity index (χ1n) is 8.16. The molecule has 5 nitrogen and oxygen atoms in total. The van der Waals surface area contributed by atoms with Crippen molar-refractivity contribution in [2.75, 3.05) is 21.3 Å². The molecular weight excluding hydrogens is 382 g/mol. The Morgan fingerprint density at radius 3 is 2.41 bits per heavy atom. The van der Waals surface area contributed by atoms with Crippen LogP contribution in [0, 0.1) is 0 Å². The number of para-hydroxylation sites is 1. The van der Waals surface area contributed by atoms with Crippen LogP contribution in [-0.4, -0.2) is 36.5 Å². The summed E-state index contributed by atoms with van der Waals surface area (Å²) in [6.07, 6.45) is 1.79. The Hall–Kier alpha value is -2.51. The second-order valence-corrected chi connectivity index (χ2v) is 7.37. The summed E-state index contributed by atoms with van der Waals surface area (Å²) in [7, 11) is 4.77. The number of thiocarbonyl (C=S) groups is 1. The Bertz CT molecular complexity index is 893. The van der Waals surface area contributed by atoms with Gasteiger partial charge in [0.2, 0.25) is 0 Å². The quantitative estimate of drug-likeness (QED) is 0.536. The molecule has 2 aromatic carbocycles. The van der Waals surface area contributed by atoms with E-state index in [1.54, 1.807) is 32.3 Å². The number of benzene rings is 2. The van der Waals surface area contributed by atoms with Gasteiger partial charge in [-0.15, -0.1) is 0 Å². The summed E-state index contributed by atoms with van der Waals surface area (Å²) in [5.41, 5.74) is 1.74.